The Bertz CT molecular complexity index is 628. The zero-order valence-corrected chi connectivity index (χ0v) is 10.3. The number of fused-ring (bicyclic) bond motifs is 1. The Morgan fingerprint density at radius 2 is 1.95 bits per heavy atom. The van der Waals surface area contributed by atoms with E-state index in [1.54, 1.807) is 12.3 Å². The first kappa shape index (κ1) is 11.6. The van der Waals surface area contributed by atoms with E-state index in [0.717, 1.165) is 13.0 Å². The number of rotatable bonds is 2. The summed E-state index contributed by atoms with van der Waals surface area (Å²) in [5, 5.41) is 11.0. The SMILES string of the molecule is O=[N+]([O-])c1cccnc1N1CCc2ccccc2C1. The summed E-state index contributed by atoms with van der Waals surface area (Å²) >= 11 is 0. The minimum absolute atomic E-state index is 0.0712. The lowest BCUT2D eigenvalue weighted by molar-refractivity contribution is -0.384. The number of hydrogen-bond acceptors (Lipinski definition) is 4. The Labute approximate surface area is 110 Å². The van der Waals surface area contributed by atoms with Gasteiger partial charge >= 0.3 is 5.69 Å². The molecule has 0 fully saturated rings. The van der Waals surface area contributed by atoms with Gasteiger partial charge < -0.3 is 4.90 Å². The van der Waals surface area contributed by atoms with Gasteiger partial charge in [-0.2, -0.15) is 0 Å². The molecule has 0 saturated carbocycles. The van der Waals surface area contributed by atoms with Gasteiger partial charge in [-0.15, -0.1) is 0 Å². The molecule has 0 atom stereocenters. The third-order valence-corrected chi connectivity index (χ3v) is 3.39. The smallest absolute Gasteiger partial charge is 0.311 e. The molecular formula is C14H13N3O2. The van der Waals surface area contributed by atoms with Crippen LogP contribution < -0.4 is 4.90 Å². The Kier molecular flexibility index (Phi) is 2.87. The first-order chi connectivity index (χ1) is 9.25. The maximum Gasteiger partial charge on any atom is 0.311 e. The van der Waals surface area contributed by atoms with Crippen molar-refractivity contribution >= 4 is 11.5 Å². The monoisotopic (exact) mass is 255 g/mol. The summed E-state index contributed by atoms with van der Waals surface area (Å²) in [7, 11) is 0. The molecule has 0 N–H and O–H groups in total. The molecule has 1 aromatic heterocycles. The van der Waals surface area contributed by atoms with Gasteiger partial charge in [0, 0.05) is 25.4 Å². The van der Waals surface area contributed by atoms with Crippen molar-refractivity contribution < 1.29 is 4.92 Å². The molecule has 5 heteroatoms. The van der Waals surface area contributed by atoms with Crippen molar-refractivity contribution in [1.29, 1.82) is 0 Å². The van der Waals surface area contributed by atoms with Gasteiger partial charge in [-0.05, 0) is 23.6 Å². The highest BCUT2D eigenvalue weighted by molar-refractivity contribution is 5.58. The summed E-state index contributed by atoms with van der Waals surface area (Å²) < 4.78 is 0. The van der Waals surface area contributed by atoms with Gasteiger partial charge in [-0.1, -0.05) is 24.3 Å². The van der Waals surface area contributed by atoms with Crippen LogP contribution in [0.3, 0.4) is 0 Å². The fourth-order valence-corrected chi connectivity index (χ4v) is 2.45. The van der Waals surface area contributed by atoms with Crippen LogP contribution in [0.4, 0.5) is 11.5 Å². The number of benzene rings is 1. The number of anilines is 1. The van der Waals surface area contributed by atoms with E-state index in [0.29, 0.717) is 12.4 Å². The molecule has 0 amide bonds. The molecule has 0 radical (unpaired) electrons. The summed E-state index contributed by atoms with van der Waals surface area (Å²) in [6.07, 6.45) is 2.49. The van der Waals surface area contributed by atoms with Gasteiger partial charge in [0.05, 0.1) is 4.92 Å². The lowest BCUT2D eigenvalue weighted by Gasteiger charge is -2.29. The quantitative estimate of drug-likeness (QED) is 0.611. The summed E-state index contributed by atoms with van der Waals surface area (Å²) in [6, 6.07) is 11.3. The summed E-state index contributed by atoms with van der Waals surface area (Å²) in [6.45, 7) is 1.43. The molecule has 96 valence electrons. The Morgan fingerprint density at radius 1 is 1.16 bits per heavy atom. The van der Waals surface area contributed by atoms with Crippen LogP contribution >= 0.6 is 0 Å². The molecule has 0 bridgehead atoms. The van der Waals surface area contributed by atoms with Gasteiger partial charge in [-0.25, -0.2) is 4.98 Å². The fourth-order valence-electron chi connectivity index (χ4n) is 2.45. The molecule has 19 heavy (non-hydrogen) atoms. The average molecular weight is 255 g/mol. The van der Waals surface area contributed by atoms with Crippen LogP contribution in [0.2, 0.25) is 0 Å². The molecule has 3 rings (SSSR count). The Morgan fingerprint density at radius 3 is 2.74 bits per heavy atom. The first-order valence-corrected chi connectivity index (χ1v) is 6.17. The number of nitrogens with zero attached hydrogens (tertiary/aromatic N) is 3. The first-order valence-electron chi connectivity index (χ1n) is 6.17. The minimum Gasteiger partial charge on any atom is -0.346 e. The van der Waals surface area contributed by atoms with Crippen molar-refractivity contribution in [3.05, 3.63) is 63.8 Å². The van der Waals surface area contributed by atoms with E-state index in [9.17, 15) is 10.1 Å². The highest BCUT2D eigenvalue weighted by Crippen LogP contribution is 2.29. The van der Waals surface area contributed by atoms with E-state index in [4.69, 9.17) is 0 Å². The van der Waals surface area contributed by atoms with Gasteiger partial charge in [0.2, 0.25) is 5.82 Å². The molecule has 0 aliphatic carbocycles. The molecule has 1 aliphatic rings. The molecule has 1 aromatic carbocycles. The summed E-state index contributed by atoms with van der Waals surface area (Å²) in [4.78, 5) is 16.8. The molecule has 0 spiro atoms. The number of pyridine rings is 1. The number of aromatic nitrogens is 1. The number of nitro groups is 1. The standard InChI is InChI=1S/C14H13N3O2/c18-17(19)13-6-3-8-15-14(13)16-9-7-11-4-1-2-5-12(11)10-16/h1-6,8H,7,9-10H2. The Balaban J connectivity index is 1.95. The van der Waals surface area contributed by atoms with E-state index in [1.807, 2.05) is 17.0 Å². The van der Waals surface area contributed by atoms with Crippen molar-refractivity contribution in [2.45, 2.75) is 13.0 Å². The Hall–Kier alpha value is -2.43. The minimum atomic E-state index is -0.372. The lowest BCUT2D eigenvalue weighted by Crippen LogP contribution is -2.31. The van der Waals surface area contributed by atoms with Crippen molar-refractivity contribution in [1.82, 2.24) is 4.98 Å². The van der Waals surface area contributed by atoms with Crippen LogP contribution in [0.5, 0.6) is 0 Å². The third kappa shape index (κ3) is 2.14. The van der Waals surface area contributed by atoms with Crippen LogP contribution in [0, 0.1) is 10.1 Å². The third-order valence-electron chi connectivity index (χ3n) is 3.39. The molecule has 1 aliphatic heterocycles. The van der Waals surface area contributed by atoms with E-state index in [1.165, 1.54) is 17.2 Å². The lowest BCUT2D eigenvalue weighted by atomic mass is 10.00. The second kappa shape index (κ2) is 4.68. The van der Waals surface area contributed by atoms with Gasteiger partial charge in [0.15, 0.2) is 0 Å². The molecule has 0 saturated heterocycles. The van der Waals surface area contributed by atoms with E-state index in [2.05, 4.69) is 17.1 Å². The van der Waals surface area contributed by atoms with Crippen molar-refractivity contribution in [3.8, 4) is 0 Å². The topological polar surface area (TPSA) is 59.3 Å². The molecule has 0 unspecified atom stereocenters. The maximum atomic E-state index is 11.0. The van der Waals surface area contributed by atoms with E-state index >= 15 is 0 Å². The highest BCUT2D eigenvalue weighted by atomic mass is 16.6. The number of hydrogen-bond donors (Lipinski definition) is 0. The van der Waals surface area contributed by atoms with Crippen LogP contribution in [0.15, 0.2) is 42.6 Å². The molecule has 2 heterocycles. The zero-order chi connectivity index (χ0) is 13.2. The predicted molar refractivity (Wildman–Crippen MR) is 72.1 cm³/mol. The van der Waals surface area contributed by atoms with Crippen molar-refractivity contribution in [2.75, 3.05) is 11.4 Å². The summed E-state index contributed by atoms with van der Waals surface area (Å²) in [5.41, 5.74) is 2.60. The largest absolute Gasteiger partial charge is 0.346 e. The molecule has 2 aromatic rings. The average Bonchev–Trinajstić information content (AvgIpc) is 2.46. The second-order valence-corrected chi connectivity index (χ2v) is 4.54. The fraction of sp³-hybridized carbons (Fsp3) is 0.214. The molecular weight excluding hydrogens is 242 g/mol. The van der Waals surface area contributed by atoms with Crippen molar-refractivity contribution in [3.63, 3.8) is 0 Å². The molecule has 5 nitrogen and oxygen atoms in total. The predicted octanol–water partition coefficient (Wildman–Crippen LogP) is 2.55. The maximum absolute atomic E-state index is 11.0. The van der Waals surface area contributed by atoms with E-state index in [-0.39, 0.29) is 10.6 Å². The normalized spacial score (nSPS) is 14.0. The van der Waals surface area contributed by atoms with Crippen LogP contribution in [0.1, 0.15) is 11.1 Å². The van der Waals surface area contributed by atoms with Gasteiger partial charge in [0.25, 0.3) is 0 Å². The van der Waals surface area contributed by atoms with Crippen molar-refractivity contribution in [2.24, 2.45) is 0 Å². The summed E-state index contributed by atoms with van der Waals surface area (Å²) in [5.74, 6) is 0.460. The highest BCUT2D eigenvalue weighted by Gasteiger charge is 2.23. The zero-order valence-electron chi connectivity index (χ0n) is 10.3. The van der Waals surface area contributed by atoms with Crippen LogP contribution in [-0.4, -0.2) is 16.5 Å². The van der Waals surface area contributed by atoms with E-state index < -0.39 is 0 Å². The van der Waals surface area contributed by atoms with Gasteiger partial charge in [0.1, 0.15) is 0 Å². The second-order valence-electron chi connectivity index (χ2n) is 4.54. The van der Waals surface area contributed by atoms with Crippen LogP contribution in [-0.2, 0) is 13.0 Å². The van der Waals surface area contributed by atoms with Crippen LogP contribution in [0.25, 0.3) is 0 Å². The van der Waals surface area contributed by atoms with Gasteiger partial charge in [-0.3, -0.25) is 10.1 Å².